The molecule has 0 fully saturated rings. The van der Waals surface area contributed by atoms with E-state index >= 15 is 0 Å². The molecular weight excluding hydrogens is 240 g/mol. The lowest BCUT2D eigenvalue weighted by Gasteiger charge is -2.10. The second-order valence-electron chi connectivity index (χ2n) is 3.57. The highest BCUT2D eigenvalue weighted by Crippen LogP contribution is 2.28. The Morgan fingerprint density at radius 1 is 1.28 bits per heavy atom. The van der Waals surface area contributed by atoms with Crippen molar-refractivity contribution in [2.45, 2.75) is 13.3 Å². The Labute approximate surface area is 102 Å². The van der Waals surface area contributed by atoms with Crippen molar-refractivity contribution >= 4 is 5.82 Å². The van der Waals surface area contributed by atoms with Gasteiger partial charge in [-0.3, -0.25) is 0 Å². The number of hydrogen-bond acceptors (Lipinski definition) is 4. The average molecular weight is 251 g/mol. The molecule has 2 rings (SSSR count). The van der Waals surface area contributed by atoms with Crippen LogP contribution in [0, 0.1) is 11.6 Å². The van der Waals surface area contributed by atoms with E-state index in [1.165, 1.54) is 6.33 Å². The van der Waals surface area contributed by atoms with Crippen LogP contribution in [0.5, 0.6) is 11.6 Å². The summed E-state index contributed by atoms with van der Waals surface area (Å²) in [5.41, 5.74) is 6.21. The SMILES string of the molecule is CCc1c(N)ncnc1Oc1cc(F)ccc1F. The fourth-order valence-electron chi connectivity index (χ4n) is 1.49. The van der Waals surface area contributed by atoms with Crippen LogP contribution in [0.2, 0.25) is 0 Å². The van der Waals surface area contributed by atoms with E-state index in [9.17, 15) is 8.78 Å². The maximum Gasteiger partial charge on any atom is 0.227 e. The van der Waals surface area contributed by atoms with Crippen LogP contribution in [0.15, 0.2) is 24.5 Å². The van der Waals surface area contributed by atoms with Gasteiger partial charge in [0, 0.05) is 6.07 Å². The van der Waals surface area contributed by atoms with Crippen LogP contribution in [-0.4, -0.2) is 9.97 Å². The minimum atomic E-state index is -0.671. The molecule has 18 heavy (non-hydrogen) atoms. The maximum atomic E-state index is 13.4. The summed E-state index contributed by atoms with van der Waals surface area (Å²) in [6.45, 7) is 1.84. The number of rotatable bonds is 3. The van der Waals surface area contributed by atoms with Crippen LogP contribution in [0.3, 0.4) is 0 Å². The van der Waals surface area contributed by atoms with Crippen LogP contribution >= 0.6 is 0 Å². The van der Waals surface area contributed by atoms with Gasteiger partial charge in [-0.05, 0) is 18.6 Å². The molecule has 0 spiro atoms. The van der Waals surface area contributed by atoms with E-state index in [-0.39, 0.29) is 17.4 Å². The summed E-state index contributed by atoms with van der Waals surface area (Å²) < 4.78 is 31.7. The summed E-state index contributed by atoms with van der Waals surface area (Å²) in [4.78, 5) is 7.69. The molecule has 0 radical (unpaired) electrons. The largest absolute Gasteiger partial charge is 0.435 e. The van der Waals surface area contributed by atoms with Gasteiger partial charge < -0.3 is 10.5 Å². The molecule has 0 unspecified atom stereocenters. The Morgan fingerprint density at radius 3 is 2.78 bits per heavy atom. The van der Waals surface area contributed by atoms with Gasteiger partial charge >= 0.3 is 0 Å². The standard InChI is InChI=1S/C12H11F2N3O/c1-2-8-11(15)16-6-17-12(8)18-10-5-7(13)3-4-9(10)14/h3-6H,2H2,1H3,(H2,15,16,17). The Morgan fingerprint density at radius 2 is 2.06 bits per heavy atom. The van der Waals surface area contributed by atoms with E-state index in [4.69, 9.17) is 10.5 Å². The number of aromatic nitrogens is 2. The van der Waals surface area contributed by atoms with Gasteiger partial charge in [0.1, 0.15) is 18.0 Å². The van der Waals surface area contributed by atoms with Crippen molar-refractivity contribution in [3.63, 3.8) is 0 Å². The predicted molar refractivity (Wildman–Crippen MR) is 62.3 cm³/mol. The third-order valence-electron chi connectivity index (χ3n) is 2.39. The first kappa shape index (κ1) is 12.2. The minimum Gasteiger partial charge on any atom is -0.435 e. The molecule has 6 heteroatoms. The maximum absolute atomic E-state index is 13.4. The van der Waals surface area contributed by atoms with Gasteiger partial charge in [0.2, 0.25) is 5.88 Å². The number of halogens is 2. The fourth-order valence-corrected chi connectivity index (χ4v) is 1.49. The smallest absolute Gasteiger partial charge is 0.227 e. The molecular formula is C12H11F2N3O. The van der Waals surface area contributed by atoms with Crippen molar-refractivity contribution in [2.75, 3.05) is 5.73 Å². The first-order valence-electron chi connectivity index (χ1n) is 5.34. The zero-order valence-electron chi connectivity index (χ0n) is 9.65. The highest BCUT2D eigenvalue weighted by Gasteiger charge is 2.12. The average Bonchev–Trinajstić information content (AvgIpc) is 2.34. The summed E-state index contributed by atoms with van der Waals surface area (Å²) in [6, 6.07) is 2.95. The number of ether oxygens (including phenoxy) is 1. The summed E-state index contributed by atoms with van der Waals surface area (Å²) >= 11 is 0. The van der Waals surface area contributed by atoms with Crippen LogP contribution < -0.4 is 10.5 Å². The van der Waals surface area contributed by atoms with Crippen molar-refractivity contribution in [3.05, 3.63) is 41.7 Å². The number of nitrogens with two attached hydrogens (primary N) is 1. The number of nitrogens with zero attached hydrogens (tertiary/aromatic N) is 2. The van der Waals surface area contributed by atoms with E-state index in [1.54, 1.807) is 0 Å². The van der Waals surface area contributed by atoms with Gasteiger partial charge in [0.05, 0.1) is 5.56 Å². The first-order valence-corrected chi connectivity index (χ1v) is 5.34. The van der Waals surface area contributed by atoms with E-state index in [2.05, 4.69) is 9.97 Å². The number of nitrogen functional groups attached to an aromatic ring is 1. The second-order valence-corrected chi connectivity index (χ2v) is 3.57. The zero-order chi connectivity index (χ0) is 13.1. The molecule has 0 bridgehead atoms. The van der Waals surface area contributed by atoms with Gasteiger partial charge in [-0.2, -0.15) is 0 Å². The van der Waals surface area contributed by atoms with E-state index in [1.807, 2.05) is 6.92 Å². The molecule has 0 saturated heterocycles. The highest BCUT2D eigenvalue weighted by molar-refractivity contribution is 5.46. The molecule has 0 amide bonds. The number of benzene rings is 1. The van der Waals surface area contributed by atoms with E-state index in [0.717, 1.165) is 18.2 Å². The second kappa shape index (κ2) is 4.95. The van der Waals surface area contributed by atoms with Crippen molar-refractivity contribution in [1.29, 1.82) is 0 Å². The number of hydrogen-bond donors (Lipinski definition) is 1. The molecule has 0 aliphatic rings. The molecule has 0 aliphatic heterocycles. The fraction of sp³-hybridized carbons (Fsp3) is 0.167. The van der Waals surface area contributed by atoms with Crippen LogP contribution in [0.1, 0.15) is 12.5 Å². The molecule has 4 nitrogen and oxygen atoms in total. The Kier molecular flexibility index (Phi) is 3.36. The van der Waals surface area contributed by atoms with E-state index < -0.39 is 11.6 Å². The molecule has 2 aromatic rings. The zero-order valence-corrected chi connectivity index (χ0v) is 9.65. The van der Waals surface area contributed by atoms with Crippen molar-refractivity contribution in [2.24, 2.45) is 0 Å². The van der Waals surface area contributed by atoms with Crippen LogP contribution in [0.4, 0.5) is 14.6 Å². The molecule has 0 saturated carbocycles. The molecule has 1 aromatic carbocycles. The summed E-state index contributed by atoms with van der Waals surface area (Å²) in [7, 11) is 0. The monoisotopic (exact) mass is 251 g/mol. The van der Waals surface area contributed by atoms with Gasteiger partial charge in [-0.15, -0.1) is 0 Å². The molecule has 1 heterocycles. The third-order valence-corrected chi connectivity index (χ3v) is 2.39. The normalized spacial score (nSPS) is 10.4. The molecule has 94 valence electrons. The Bertz CT molecular complexity index is 575. The molecule has 0 aliphatic carbocycles. The van der Waals surface area contributed by atoms with Crippen LogP contribution in [-0.2, 0) is 6.42 Å². The summed E-state index contributed by atoms with van der Waals surface area (Å²) in [5, 5.41) is 0. The highest BCUT2D eigenvalue weighted by atomic mass is 19.1. The van der Waals surface area contributed by atoms with Gasteiger partial charge in [-0.25, -0.2) is 18.7 Å². The van der Waals surface area contributed by atoms with Gasteiger partial charge in [0.25, 0.3) is 0 Å². The van der Waals surface area contributed by atoms with Crippen molar-refractivity contribution in [3.8, 4) is 11.6 Å². The minimum absolute atomic E-state index is 0.134. The van der Waals surface area contributed by atoms with Crippen molar-refractivity contribution < 1.29 is 13.5 Å². The molecule has 2 N–H and O–H groups in total. The first-order chi connectivity index (χ1) is 8.61. The lowest BCUT2D eigenvalue weighted by molar-refractivity contribution is 0.417. The topological polar surface area (TPSA) is 61.0 Å². The van der Waals surface area contributed by atoms with E-state index in [0.29, 0.717) is 12.0 Å². The Hall–Kier alpha value is -2.24. The quantitative estimate of drug-likeness (QED) is 0.911. The van der Waals surface area contributed by atoms with Crippen LogP contribution in [0.25, 0.3) is 0 Å². The summed E-state index contributed by atoms with van der Waals surface area (Å²) in [5.74, 6) is -1.10. The molecule has 0 atom stereocenters. The summed E-state index contributed by atoms with van der Waals surface area (Å²) in [6.07, 6.45) is 1.74. The van der Waals surface area contributed by atoms with Crippen molar-refractivity contribution in [1.82, 2.24) is 9.97 Å². The lowest BCUT2D eigenvalue weighted by atomic mass is 10.2. The Balaban J connectivity index is 2.40. The third kappa shape index (κ3) is 2.37. The predicted octanol–water partition coefficient (Wildman–Crippen LogP) is 2.69. The number of anilines is 1. The van der Waals surface area contributed by atoms with Gasteiger partial charge in [0.15, 0.2) is 11.6 Å². The lowest BCUT2D eigenvalue weighted by Crippen LogP contribution is -2.02. The molecule has 1 aromatic heterocycles. The van der Waals surface area contributed by atoms with Gasteiger partial charge in [-0.1, -0.05) is 6.92 Å².